The largest absolute Gasteiger partial charge is 0.339 e. The van der Waals surface area contributed by atoms with Crippen molar-refractivity contribution in [3.05, 3.63) is 108 Å². The summed E-state index contributed by atoms with van der Waals surface area (Å²) < 4.78 is 19.2. The van der Waals surface area contributed by atoms with E-state index < -0.39 is 0 Å². The van der Waals surface area contributed by atoms with Gasteiger partial charge in [-0.3, -0.25) is 0 Å². The van der Waals surface area contributed by atoms with Gasteiger partial charge in [-0.25, -0.2) is 4.39 Å². The molecule has 0 fully saturated rings. The third-order valence-electron chi connectivity index (χ3n) is 6.22. The first-order chi connectivity index (χ1) is 14.8. The summed E-state index contributed by atoms with van der Waals surface area (Å²) in [7, 11) is 0. The summed E-state index contributed by atoms with van der Waals surface area (Å²) in [5.41, 5.74) is 7.97. The number of hydrogen-bond acceptors (Lipinski definition) is 0. The Balaban J connectivity index is 1.59. The summed E-state index contributed by atoms with van der Waals surface area (Å²) in [5.74, 6) is -0.172. The molecule has 0 saturated carbocycles. The monoisotopic (exact) mass is 392 g/mol. The van der Waals surface area contributed by atoms with Crippen molar-refractivity contribution in [2.24, 2.45) is 0 Å². The summed E-state index contributed by atoms with van der Waals surface area (Å²) in [6, 6.07) is 30.5. The summed E-state index contributed by atoms with van der Waals surface area (Å²) in [6.07, 6.45) is 0.945. The molecule has 3 aromatic carbocycles. The van der Waals surface area contributed by atoms with Crippen LogP contribution < -0.4 is 0 Å². The van der Waals surface area contributed by atoms with Gasteiger partial charge >= 0.3 is 0 Å². The Labute approximate surface area is 174 Å². The SMILES string of the molecule is Fc1ccccc1-c1ccc2n1CCc1c-2n(Cc2ccccc2)c2ccccc12. The number of rotatable bonds is 3. The van der Waals surface area contributed by atoms with Gasteiger partial charge in [-0.15, -0.1) is 0 Å². The molecule has 2 aromatic heterocycles. The maximum absolute atomic E-state index is 14.5. The van der Waals surface area contributed by atoms with Crippen LogP contribution in [0.5, 0.6) is 0 Å². The lowest BCUT2D eigenvalue weighted by molar-refractivity contribution is 0.625. The van der Waals surface area contributed by atoms with Gasteiger partial charge in [0.15, 0.2) is 0 Å². The van der Waals surface area contributed by atoms with Crippen molar-refractivity contribution in [3.63, 3.8) is 0 Å². The van der Waals surface area contributed by atoms with E-state index in [2.05, 4.69) is 75.9 Å². The highest BCUT2D eigenvalue weighted by Gasteiger charge is 2.26. The molecule has 6 rings (SSSR count). The minimum atomic E-state index is -0.172. The van der Waals surface area contributed by atoms with E-state index in [-0.39, 0.29) is 5.82 Å². The van der Waals surface area contributed by atoms with Crippen molar-refractivity contribution in [2.45, 2.75) is 19.5 Å². The topological polar surface area (TPSA) is 9.86 Å². The quantitative estimate of drug-likeness (QED) is 0.331. The molecule has 1 aliphatic heterocycles. The smallest absolute Gasteiger partial charge is 0.132 e. The van der Waals surface area contributed by atoms with E-state index >= 15 is 0 Å². The first kappa shape index (κ1) is 17.3. The van der Waals surface area contributed by atoms with E-state index in [4.69, 9.17) is 0 Å². The Kier molecular flexibility index (Phi) is 3.88. The van der Waals surface area contributed by atoms with Crippen molar-refractivity contribution in [1.82, 2.24) is 9.13 Å². The van der Waals surface area contributed by atoms with Gasteiger partial charge < -0.3 is 9.13 Å². The van der Waals surface area contributed by atoms with Crippen LogP contribution in [0.1, 0.15) is 11.1 Å². The molecule has 0 aliphatic carbocycles. The van der Waals surface area contributed by atoms with E-state index in [1.165, 1.54) is 39.5 Å². The molecule has 30 heavy (non-hydrogen) atoms. The highest BCUT2D eigenvalue weighted by atomic mass is 19.1. The summed E-state index contributed by atoms with van der Waals surface area (Å²) >= 11 is 0. The fourth-order valence-corrected chi connectivity index (χ4v) is 4.89. The first-order valence-corrected chi connectivity index (χ1v) is 10.4. The van der Waals surface area contributed by atoms with Gasteiger partial charge in [-0.2, -0.15) is 0 Å². The molecule has 0 bridgehead atoms. The molecule has 3 heterocycles. The third kappa shape index (κ3) is 2.55. The van der Waals surface area contributed by atoms with Crippen LogP contribution in [0.3, 0.4) is 0 Å². The number of benzene rings is 3. The second-order valence-electron chi connectivity index (χ2n) is 7.90. The van der Waals surface area contributed by atoms with E-state index in [0.29, 0.717) is 5.56 Å². The van der Waals surface area contributed by atoms with Crippen molar-refractivity contribution in [1.29, 1.82) is 0 Å². The average molecular weight is 392 g/mol. The van der Waals surface area contributed by atoms with Crippen LogP contribution >= 0.6 is 0 Å². The van der Waals surface area contributed by atoms with E-state index in [1.54, 1.807) is 6.07 Å². The molecule has 1 aliphatic rings. The lowest BCUT2D eigenvalue weighted by Gasteiger charge is -2.22. The minimum absolute atomic E-state index is 0.172. The van der Waals surface area contributed by atoms with Gasteiger partial charge in [0.05, 0.1) is 17.1 Å². The van der Waals surface area contributed by atoms with Gasteiger partial charge in [-0.05, 0) is 47.9 Å². The number of aryl methyl sites for hydroxylation is 1. The van der Waals surface area contributed by atoms with Crippen molar-refractivity contribution in [2.75, 3.05) is 0 Å². The molecule has 146 valence electrons. The molecule has 0 N–H and O–H groups in total. The zero-order chi connectivity index (χ0) is 20.1. The fraction of sp³-hybridized carbons (Fsp3) is 0.111. The zero-order valence-corrected chi connectivity index (χ0v) is 16.6. The number of para-hydroxylation sites is 1. The number of aromatic nitrogens is 2. The normalized spacial score (nSPS) is 12.7. The lowest BCUT2D eigenvalue weighted by atomic mass is 10.0. The first-order valence-electron chi connectivity index (χ1n) is 10.4. The number of fused-ring (bicyclic) bond motifs is 5. The molecule has 0 atom stereocenters. The van der Waals surface area contributed by atoms with Crippen LogP contribution in [0.25, 0.3) is 33.5 Å². The molecule has 0 unspecified atom stereocenters. The Bertz CT molecular complexity index is 1380. The molecule has 2 nitrogen and oxygen atoms in total. The molecule has 0 radical (unpaired) electrons. The van der Waals surface area contributed by atoms with Crippen molar-refractivity contribution >= 4 is 10.9 Å². The van der Waals surface area contributed by atoms with E-state index in [1.807, 2.05) is 12.1 Å². The highest BCUT2D eigenvalue weighted by Crippen LogP contribution is 2.41. The number of nitrogens with zero attached hydrogens (tertiary/aromatic N) is 2. The standard InChI is InChI=1S/C27H21FN2/c28-23-12-6-4-11-22(23)25-14-15-26-27-21(16-17-29(25)26)20-10-5-7-13-24(20)30(27)18-19-8-2-1-3-9-19/h1-15H,16-18H2. The van der Waals surface area contributed by atoms with Gasteiger partial charge in [0.2, 0.25) is 0 Å². The van der Waals surface area contributed by atoms with Crippen LogP contribution in [0.15, 0.2) is 91.0 Å². The van der Waals surface area contributed by atoms with Crippen molar-refractivity contribution in [3.8, 4) is 22.6 Å². The molecule has 3 heteroatoms. The third-order valence-corrected chi connectivity index (χ3v) is 6.22. The summed E-state index contributed by atoms with van der Waals surface area (Å²) in [5, 5.41) is 1.32. The van der Waals surface area contributed by atoms with Gasteiger partial charge in [0.25, 0.3) is 0 Å². The van der Waals surface area contributed by atoms with Crippen LogP contribution in [-0.2, 0) is 19.5 Å². The second kappa shape index (κ2) is 6.74. The van der Waals surface area contributed by atoms with Crippen LogP contribution in [0.2, 0.25) is 0 Å². The van der Waals surface area contributed by atoms with E-state index in [0.717, 1.165) is 25.2 Å². The lowest BCUT2D eigenvalue weighted by Crippen LogP contribution is -2.14. The highest BCUT2D eigenvalue weighted by molar-refractivity contribution is 5.92. The fourth-order valence-electron chi connectivity index (χ4n) is 4.89. The Hall–Kier alpha value is -3.59. The molecular weight excluding hydrogens is 371 g/mol. The number of hydrogen-bond donors (Lipinski definition) is 0. The van der Waals surface area contributed by atoms with E-state index in [9.17, 15) is 4.39 Å². The predicted molar refractivity (Wildman–Crippen MR) is 120 cm³/mol. The maximum Gasteiger partial charge on any atom is 0.132 e. The molecule has 5 aromatic rings. The van der Waals surface area contributed by atoms with Crippen LogP contribution in [0.4, 0.5) is 4.39 Å². The molecular formula is C27H21FN2. The van der Waals surface area contributed by atoms with Crippen molar-refractivity contribution < 1.29 is 4.39 Å². The molecule has 0 saturated heterocycles. The second-order valence-corrected chi connectivity index (χ2v) is 7.90. The summed E-state index contributed by atoms with van der Waals surface area (Å²) in [4.78, 5) is 0. The Morgan fingerprint density at radius 3 is 2.33 bits per heavy atom. The Morgan fingerprint density at radius 1 is 0.733 bits per heavy atom. The van der Waals surface area contributed by atoms with Crippen LogP contribution in [0, 0.1) is 5.82 Å². The van der Waals surface area contributed by atoms with Gasteiger partial charge in [-0.1, -0.05) is 60.7 Å². The predicted octanol–water partition coefficient (Wildman–Crippen LogP) is 6.52. The number of halogens is 1. The summed E-state index contributed by atoms with van der Waals surface area (Å²) in [6.45, 7) is 1.68. The minimum Gasteiger partial charge on any atom is -0.339 e. The molecule has 0 spiro atoms. The Morgan fingerprint density at radius 2 is 1.47 bits per heavy atom. The zero-order valence-electron chi connectivity index (χ0n) is 16.6. The molecule has 0 amide bonds. The maximum atomic E-state index is 14.5. The van der Waals surface area contributed by atoms with Gasteiger partial charge in [0, 0.05) is 29.6 Å². The average Bonchev–Trinajstić information content (AvgIpc) is 3.35. The van der Waals surface area contributed by atoms with Gasteiger partial charge in [0.1, 0.15) is 5.82 Å². The van der Waals surface area contributed by atoms with Crippen LogP contribution in [-0.4, -0.2) is 9.13 Å².